The molecule has 31 heavy (non-hydrogen) atoms. The number of rotatable bonds is 9. The first-order chi connectivity index (χ1) is 14.0. The third kappa shape index (κ3) is 8.21. The topological polar surface area (TPSA) is 252 Å². The van der Waals surface area contributed by atoms with E-state index in [-0.39, 0.29) is 11.4 Å². The standard InChI is InChI=1S/C11H13NO16S3/c13-12(14)6-1-3-7(4-2-6)25-11-10(28-31(21,22)23)9(27-30(18,19)20)8(5-24-11)26-29(15,16)17/h1-4,8-11H,5H2,(H,15,16,17)(H,18,19,20)(H,21,22,23)/t8-,9+,10-,11+/m1/s1. The maximum Gasteiger partial charge on any atom is 0.397 e. The van der Waals surface area contributed by atoms with Gasteiger partial charge in [0.1, 0.15) is 18.0 Å². The molecule has 0 aliphatic carbocycles. The van der Waals surface area contributed by atoms with Crippen molar-refractivity contribution in [1.82, 2.24) is 0 Å². The molecule has 1 saturated heterocycles. The first-order valence-corrected chi connectivity index (χ1v) is 11.6. The van der Waals surface area contributed by atoms with Crippen LogP contribution < -0.4 is 4.74 Å². The second kappa shape index (κ2) is 9.23. The number of nitro groups is 1. The SMILES string of the molecule is O=[N+]([O-])c1ccc(O[C@@H]2OC[C@@H](OS(=O)(=O)O)[C@H](OS(=O)(=O)O)[C@H]2OS(=O)(=O)O)cc1. The summed E-state index contributed by atoms with van der Waals surface area (Å²) in [5.74, 6) is -0.209. The van der Waals surface area contributed by atoms with Gasteiger partial charge in [0.2, 0.25) is 6.29 Å². The molecule has 1 aromatic rings. The summed E-state index contributed by atoms with van der Waals surface area (Å²) in [5, 5.41) is 10.7. The molecule has 176 valence electrons. The molecule has 2 rings (SSSR count). The Morgan fingerprint density at radius 2 is 1.35 bits per heavy atom. The van der Waals surface area contributed by atoms with Gasteiger partial charge in [0, 0.05) is 12.1 Å². The van der Waals surface area contributed by atoms with Gasteiger partial charge in [0.05, 0.1) is 11.5 Å². The Morgan fingerprint density at radius 3 is 1.81 bits per heavy atom. The predicted octanol–water partition coefficient (Wildman–Crippen LogP) is -1.11. The molecule has 0 bridgehead atoms. The Labute approximate surface area is 174 Å². The molecule has 0 saturated carbocycles. The molecule has 0 aromatic heterocycles. The van der Waals surface area contributed by atoms with Crippen molar-refractivity contribution in [3.05, 3.63) is 34.4 Å². The fraction of sp³-hybridized carbons (Fsp3) is 0.455. The maximum absolute atomic E-state index is 11.2. The summed E-state index contributed by atoms with van der Waals surface area (Å²) >= 11 is 0. The van der Waals surface area contributed by atoms with Crippen molar-refractivity contribution >= 4 is 36.9 Å². The lowest BCUT2D eigenvalue weighted by Crippen LogP contribution is -2.59. The molecule has 1 heterocycles. The second-order valence-corrected chi connectivity index (χ2v) is 8.75. The average molecular weight is 511 g/mol. The van der Waals surface area contributed by atoms with Gasteiger partial charge in [-0.25, -0.2) is 12.5 Å². The molecule has 1 aliphatic rings. The quantitative estimate of drug-likeness (QED) is 0.202. The van der Waals surface area contributed by atoms with Gasteiger partial charge in [-0.1, -0.05) is 0 Å². The van der Waals surface area contributed by atoms with Crippen molar-refractivity contribution in [2.24, 2.45) is 0 Å². The molecule has 1 aliphatic heterocycles. The first kappa shape index (κ1) is 25.3. The zero-order valence-electron chi connectivity index (χ0n) is 14.6. The summed E-state index contributed by atoms with van der Waals surface area (Å²) in [4.78, 5) is 9.94. The summed E-state index contributed by atoms with van der Waals surface area (Å²) in [7, 11) is -16.1. The maximum atomic E-state index is 11.2. The Balaban J connectivity index is 2.41. The van der Waals surface area contributed by atoms with E-state index in [1.165, 1.54) is 0 Å². The van der Waals surface area contributed by atoms with Crippen molar-refractivity contribution < 1.29 is 65.9 Å². The van der Waals surface area contributed by atoms with E-state index in [2.05, 4.69) is 12.5 Å². The molecule has 0 amide bonds. The highest BCUT2D eigenvalue weighted by Crippen LogP contribution is 2.29. The summed E-state index contributed by atoms with van der Waals surface area (Å²) < 4.78 is 116. The predicted molar refractivity (Wildman–Crippen MR) is 92.7 cm³/mol. The van der Waals surface area contributed by atoms with Crippen LogP contribution in [-0.4, -0.2) is 75.0 Å². The zero-order chi connectivity index (χ0) is 23.6. The van der Waals surface area contributed by atoms with Crippen LogP contribution in [0.5, 0.6) is 5.75 Å². The van der Waals surface area contributed by atoms with E-state index < -0.39 is 67.3 Å². The summed E-state index contributed by atoms with van der Waals surface area (Å²) in [6.07, 6.45) is -8.78. The smallest absolute Gasteiger partial charge is 0.397 e. The molecule has 1 fully saturated rings. The monoisotopic (exact) mass is 511 g/mol. The van der Waals surface area contributed by atoms with Gasteiger partial charge in [-0.2, -0.15) is 25.3 Å². The number of hydrogen-bond donors (Lipinski definition) is 3. The van der Waals surface area contributed by atoms with Crippen LogP contribution in [0.2, 0.25) is 0 Å². The summed E-state index contributed by atoms with van der Waals surface area (Å²) in [5.41, 5.74) is -0.350. The van der Waals surface area contributed by atoms with Crippen molar-refractivity contribution in [2.75, 3.05) is 6.61 Å². The van der Waals surface area contributed by atoms with E-state index >= 15 is 0 Å². The lowest BCUT2D eigenvalue weighted by Gasteiger charge is -2.38. The van der Waals surface area contributed by atoms with E-state index in [0.29, 0.717) is 0 Å². The van der Waals surface area contributed by atoms with Crippen LogP contribution in [0.3, 0.4) is 0 Å². The highest BCUT2D eigenvalue weighted by molar-refractivity contribution is 7.81. The molecule has 20 heteroatoms. The van der Waals surface area contributed by atoms with E-state index in [9.17, 15) is 35.4 Å². The number of ether oxygens (including phenoxy) is 2. The lowest BCUT2D eigenvalue weighted by atomic mass is 10.1. The van der Waals surface area contributed by atoms with Gasteiger partial charge < -0.3 is 9.47 Å². The van der Waals surface area contributed by atoms with Gasteiger partial charge >= 0.3 is 31.2 Å². The first-order valence-electron chi connectivity index (χ1n) is 7.54. The third-order valence-electron chi connectivity index (χ3n) is 3.39. The molecule has 0 unspecified atom stereocenters. The minimum Gasteiger partial charge on any atom is -0.462 e. The number of hydrogen-bond acceptors (Lipinski definition) is 13. The van der Waals surface area contributed by atoms with E-state index in [1.807, 2.05) is 0 Å². The van der Waals surface area contributed by atoms with Gasteiger partial charge in [-0.3, -0.25) is 23.8 Å². The number of nitrogens with zero attached hydrogens (tertiary/aromatic N) is 1. The van der Waals surface area contributed by atoms with Gasteiger partial charge in [0.25, 0.3) is 5.69 Å². The minimum absolute atomic E-state index is 0.209. The van der Waals surface area contributed by atoms with E-state index in [4.69, 9.17) is 23.1 Å². The Hall–Kier alpha value is -2.01. The Kier molecular flexibility index (Phi) is 7.52. The van der Waals surface area contributed by atoms with Crippen molar-refractivity contribution in [3.8, 4) is 5.75 Å². The van der Waals surface area contributed by atoms with Crippen LogP contribution in [0.4, 0.5) is 5.69 Å². The molecular weight excluding hydrogens is 498 g/mol. The van der Waals surface area contributed by atoms with Crippen LogP contribution in [0.25, 0.3) is 0 Å². The Bertz CT molecular complexity index is 1110. The van der Waals surface area contributed by atoms with Gasteiger partial charge in [-0.05, 0) is 12.1 Å². The van der Waals surface area contributed by atoms with E-state index in [1.54, 1.807) is 0 Å². The summed E-state index contributed by atoms with van der Waals surface area (Å²) in [6.45, 7) is -0.928. The number of nitro benzene ring substituents is 1. The molecule has 3 N–H and O–H groups in total. The minimum atomic E-state index is -5.41. The van der Waals surface area contributed by atoms with Gasteiger partial charge in [-0.15, -0.1) is 0 Å². The van der Waals surface area contributed by atoms with E-state index in [0.717, 1.165) is 24.3 Å². The van der Waals surface area contributed by atoms with Crippen LogP contribution in [0, 0.1) is 10.1 Å². The van der Waals surface area contributed by atoms with Gasteiger partial charge in [0.15, 0.2) is 6.10 Å². The number of non-ortho nitro benzene ring substituents is 1. The third-order valence-corrected chi connectivity index (χ3v) is 4.81. The van der Waals surface area contributed by atoms with Crippen molar-refractivity contribution in [2.45, 2.75) is 24.6 Å². The Morgan fingerprint density at radius 1 is 0.871 bits per heavy atom. The fourth-order valence-corrected chi connectivity index (χ4v) is 3.84. The molecular formula is C11H13NO16S3. The van der Waals surface area contributed by atoms with Crippen LogP contribution in [-0.2, 0) is 48.5 Å². The molecule has 0 radical (unpaired) electrons. The lowest BCUT2D eigenvalue weighted by molar-refractivity contribution is -0.384. The van der Waals surface area contributed by atoms with Crippen molar-refractivity contribution in [3.63, 3.8) is 0 Å². The van der Waals surface area contributed by atoms with Crippen LogP contribution in [0.1, 0.15) is 0 Å². The molecule has 0 spiro atoms. The van der Waals surface area contributed by atoms with Crippen molar-refractivity contribution in [1.29, 1.82) is 0 Å². The fourth-order valence-electron chi connectivity index (χ4n) is 2.36. The highest BCUT2D eigenvalue weighted by Gasteiger charge is 2.50. The highest BCUT2D eigenvalue weighted by atomic mass is 32.3. The summed E-state index contributed by atoms with van der Waals surface area (Å²) in [6, 6.07) is 4.03. The molecule has 4 atom stereocenters. The van der Waals surface area contributed by atoms with Crippen LogP contribution >= 0.6 is 0 Å². The second-order valence-electron chi connectivity index (χ2n) is 5.61. The normalized spacial score (nSPS) is 25.1. The van der Waals surface area contributed by atoms with Crippen LogP contribution in [0.15, 0.2) is 24.3 Å². The molecule has 17 nitrogen and oxygen atoms in total. The average Bonchev–Trinajstić information content (AvgIpc) is 2.57. The number of benzene rings is 1. The largest absolute Gasteiger partial charge is 0.462 e. The molecule has 1 aromatic carbocycles. The zero-order valence-corrected chi connectivity index (χ0v) is 17.1.